The minimum atomic E-state index is 0.790. The van der Waals surface area contributed by atoms with Crippen LogP contribution in [0.15, 0.2) is 72.8 Å². The van der Waals surface area contributed by atoms with E-state index in [9.17, 15) is 0 Å². The van der Waals surface area contributed by atoms with E-state index in [1.54, 1.807) is 0 Å². The number of hydrogen-bond donors (Lipinski definition) is 1. The summed E-state index contributed by atoms with van der Waals surface area (Å²) in [5, 5.41) is 5.87. The molecule has 3 heteroatoms. The van der Waals surface area contributed by atoms with Gasteiger partial charge in [-0.2, -0.15) is 0 Å². The van der Waals surface area contributed by atoms with E-state index >= 15 is 0 Å². The number of ether oxygens (including phenoxy) is 1. The number of hydrogen-bond acceptors (Lipinski definition) is 3. The molecule has 1 N–H and O–H groups in total. The highest BCUT2D eigenvalue weighted by Crippen LogP contribution is 2.33. The Morgan fingerprint density at radius 2 is 1.30 bits per heavy atom. The van der Waals surface area contributed by atoms with E-state index in [0.29, 0.717) is 0 Å². The van der Waals surface area contributed by atoms with Gasteiger partial charge < -0.3 is 10.1 Å². The first kappa shape index (κ1) is 20.2. The number of nitrogens with zero attached hydrogens (tertiary/aromatic N) is 1. The van der Waals surface area contributed by atoms with Crippen molar-refractivity contribution in [2.75, 3.05) is 11.9 Å². The number of fused-ring (bicyclic) bond motifs is 2. The average molecular weight is 399 g/mol. The fourth-order valence-corrected chi connectivity index (χ4v) is 3.83. The first-order chi connectivity index (χ1) is 14.8. The van der Waals surface area contributed by atoms with Crippen molar-refractivity contribution >= 4 is 33.2 Å². The largest absolute Gasteiger partial charge is 0.494 e. The lowest BCUT2D eigenvalue weighted by molar-refractivity contribution is 0.304. The molecule has 0 fully saturated rings. The highest BCUT2D eigenvalue weighted by Gasteiger charge is 2.09. The third kappa shape index (κ3) is 4.91. The van der Waals surface area contributed by atoms with Crippen LogP contribution in [0.5, 0.6) is 5.75 Å². The standard InChI is InChI=1S/C27H30N2O/c1-2-3-4-5-6-11-20-30-22-18-16-21(17-19-22)28-27-23-12-7-9-14-25(23)29-26-15-10-8-13-24(26)27/h7-10,12-19H,2-6,11,20H2,1H3,(H,28,29). The molecule has 0 aliphatic rings. The lowest BCUT2D eigenvalue weighted by Crippen LogP contribution is -1.98. The minimum Gasteiger partial charge on any atom is -0.494 e. The second-order valence-corrected chi connectivity index (χ2v) is 7.79. The Morgan fingerprint density at radius 3 is 1.97 bits per heavy atom. The quantitative estimate of drug-likeness (QED) is 0.218. The van der Waals surface area contributed by atoms with E-state index in [2.05, 4.69) is 60.8 Å². The topological polar surface area (TPSA) is 34.1 Å². The van der Waals surface area contributed by atoms with E-state index in [0.717, 1.165) is 52.0 Å². The molecule has 1 heterocycles. The lowest BCUT2D eigenvalue weighted by atomic mass is 10.1. The number of nitrogens with one attached hydrogen (secondary N) is 1. The summed E-state index contributed by atoms with van der Waals surface area (Å²) >= 11 is 0. The Balaban J connectivity index is 1.44. The van der Waals surface area contributed by atoms with Crippen molar-refractivity contribution in [2.45, 2.75) is 45.4 Å². The lowest BCUT2D eigenvalue weighted by Gasteiger charge is -2.14. The van der Waals surface area contributed by atoms with Crippen LogP contribution >= 0.6 is 0 Å². The molecule has 0 amide bonds. The third-order valence-electron chi connectivity index (χ3n) is 5.48. The molecule has 0 aliphatic carbocycles. The SMILES string of the molecule is CCCCCCCCOc1ccc(Nc2c3ccccc3nc3ccccc23)cc1. The molecule has 0 saturated carbocycles. The van der Waals surface area contributed by atoms with E-state index in [1.165, 1.54) is 32.1 Å². The van der Waals surface area contributed by atoms with Crippen LogP contribution in [0, 0.1) is 0 Å². The third-order valence-corrected chi connectivity index (χ3v) is 5.48. The summed E-state index contributed by atoms with van der Waals surface area (Å²) in [6.07, 6.45) is 7.67. The fourth-order valence-electron chi connectivity index (χ4n) is 3.83. The van der Waals surface area contributed by atoms with Crippen LogP contribution in [0.4, 0.5) is 11.4 Å². The molecule has 0 atom stereocenters. The smallest absolute Gasteiger partial charge is 0.119 e. The summed E-state index contributed by atoms with van der Waals surface area (Å²) in [6, 6.07) is 24.8. The van der Waals surface area contributed by atoms with Crippen LogP contribution in [0.25, 0.3) is 21.8 Å². The Morgan fingerprint density at radius 1 is 0.700 bits per heavy atom. The number of benzene rings is 3. The number of para-hydroxylation sites is 2. The molecule has 0 aliphatic heterocycles. The Bertz CT molecular complexity index is 1030. The summed E-state index contributed by atoms with van der Waals surface area (Å²) in [7, 11) is 0. The van der Waals surface area contributed by atoms with Crippen molar-refractivity contribution < 1.29 is 4.74 Å². The summed E-state index contributed by atoms with van der Waals surface area (Å²) in [6.45, 7) is 3.04. The first-order valence-electron chi connectivity index (χ1n) is 11.1. The van der Waals surface area contributed by atoms with Crippen LogP contribution in [0.3, 0.4) is 0 Å². The fraction of sp³-hybridized carbons (Fsp3) is 0.296. The van der Waals surface area contributed by atoms with Gasteiger partial charge in [0.25, 0.3) is 0 Å². The summed E-state index contributed by atoms with van der Waals surface area (Å²) in [5.41, 5.74) is 4.13. The molecule has 4 aromatic rings. The average Bonchev–Trinajstić information content (AvgIpc) is 2.79. The summed E-state index contributed by atoms with van der Waals surface area (Å²) in [4.78, 5) is 4.80. The molecule has 0 radical (unpaired) electrons. The monoisotopic (exact) mass is 398 g/mol. The summed E-state index contributed by atoms with van der Waals surface area (Å²) < 4.78 is 5.92. The molecular weight excluding hydrogens is 368 g/mol. The van der Waals surface area contributed by atoms with E-state index in [1.807, 2.05) is 24.3 Å². The second kappa shape index (κ2) is 10.1. The maximum Gasteiger partial charge on any atom is 0.119 e. The van der Waals surface area contributed by atoms with Gasteiger partial charge in [-0.3, -0.25) is 0 Å². The van der Waals surface area contributed by atoms with Gasteiger partial charge in [0.05, 0.1) is 23.3 Å². The molecule has 30 heavy (non-hydrogen) atoms. The zero-order chi connectivity index (χ0) is 20.6. The molecule has 1 aromatic heterocycles. The maximum atomic E-state index is 5.92. The van der Waals surface area contributed by atoms with Crippen LogP contribution in [0.1, 0.15) is 45.4 Å². The van der Waals surface area contributed by atoms with Gasteiger partial charge in [0.1, 0.15) is 5.75 Å². The van der Waals surface area contributed by atoms with Gasteiger partial charge in [0, 0.05) is 16.5 Å². The van der Waals surface area contributed by atoms with Gasteiger partial charge in [-0.15, -0.1) is 0 Å². The molecule has 0 spiro atoms. The molecule has 3 aromatic carbocycles. The van der Waals surface area contributed by atoms with E-state index in [-0.39, 0.29) is 0 Å². The number of anilines is 2. The van der Waals surface area contributed by atoms with Crippen molar-refractivity contribution in [2.24, 2.45) is 0 Å². The molecular formula is C27H30N2O. The first-order valence-corrected chi connectivity index (χ1v) is 11.1. The van der Waals surface area contributed by atoms with Crippen molar-refractivity contribution in [3.05, 3.63) is 72.8 Å². The molecule has 3 nitrogen and oxygen atoms in total. The molecule has 154 valence electrons. The van der Waals surface area contributed by atoms with Gasteiger partial charge in [0.2, 0.25) is 0 Å². The Labute approximate surface area is 179 Å². The Hall–Kier alpha value is -3.07. The highest BCUT2D eigenvalue weighted by atomic mass is 16.5. The molecule has 0 unspecified atom stereocenters. The van der Waals surface area contributed by atoms with Gasteiger partial charge >= 0.3 is 0 Å². The van der Waals surface area contributed by atoms with E-state index in [4.69, 9.17) is 9.72 Å². The predicted octanol–water partition coefficient (Wildman–Crippen LogP) is 7.87. The summed E-state index contributed by atoms with van der Waals surface area (Å²) in [5.74, 6) is 0.929. The predicted molar refractivity (Wildman–Crippen MR) is 128 cm³/mol. The van der Waals surface area contributed by atoms with Gasteiger partial charge in [0.15, 0.2) is 0 Å². The zero-order valence-corrected chi connectivity index (χ0v) is 17.7. The van der Waals surface area contributed by atoms with Crippen LogP contribution in [0.2, 0.25) is 0 Å². The second-order valence-electron chi connectivity index (χ2n) is 7.79. The van der Waals surface area contributed by atoms with Crippen LogP contribution < -0.4 is 10.1 Å². The number of rotatable bonds is 10. The molecule has 0 saturated heterocycles. The molecule has 4 rings (SSSR count). The van der Waals surface area contributed by atoms with Crippen LogP contribution in [-0.2, 0) is 0 Å². The van der Waals surface area contributed by atoms with Gasteiger partial charge in [-0.25, -0.2) is 4.98 Å². The minimum absolute atomic E-state index is 0.790. The number of aromatic nitrogens is 1. The molecule has 0 bridgehead atoms. The zero-order valence-electron chi connectivity index (χ0n) is 17.7. The Kier molecular flexibility index (Phi) is 6.81. The van der Waals surface area contributed by atoms with Gasteiger partial charge in [-0.05, 0) is 42.8 Å². The normalized spacial score (nSPS) is 11.1. The van der Waals surface area contributed by atoms with E-state index < -0.39 is 0 Å². The number of unbranched alkanes of at least 4 members (excludes halogenated alkanes) is 5. The maximum absolute atomic E-state index is 5.92. The number of pyridine rings is 1. The van der Waals surface area contributed by atoms with Crippen molar-refractivity contribution in [3.8, 4) is 5.75 Å². The van der Waals surface area contributed by atoms with Crippen molar-refractivity contribution in [1.82, 2.24) is 4.98 Å². The van der Waals surface area contributed by atoms with Crippen molar-refractivity contribution in [1.29, 1.82) is 0 Å². The van der Waals surface area contributed by atoms with Gasteiger partial charge in [-0.1, -0.05) is 75.4 Å². The van der Waals surface area contributed by atoms with Crippen LogP contribution in [-0.4, -0.2) is 11.6 Å². The van der Waals surface area contributed by atoms with Crippen molar-refractivity contribution in [3.63, 3.8) is 0 Å². The highest BCUT2D eigenvalue weighted by molar-refractivity contribution is 6.08.